The highest BCUT2D eigenvalue weighted by molar-refractivity contribution is 6.21. The lowest BCUT2D eigenvalue weighted by molar-refractivity contribution is 0.671. The van der Waals surface area contributed by atoms with Gasteiger partial charge in [0.05, 0.1) is 22.2 Å². The molecule has 4 aromatic carbocycles. The molecule has 0 saturated heterocycles. The van der Waals surface area contributed by atoms with Crippen molar-refractivity contribution < 1.29 is 4.42 Å². The minimum Gasteiger partial charge on any atom is -0.454 e. The maximum atomic E-state index is 6.43. The molecule has 7 rings (SSSR count). The molecule has 3 aromatic heterocycles. The molecular weight excluding hydrogens is 368 g/mol. The number of aromatic nitrogens is 2. The molecule has 3 nitrogen and oxygen atoms in total. The molecule has 0 amide bonds. The first-order valence-electron chi connectivity index (χ1n) is 10.1. The summed E-state index contributed by atoms with van der Waals surface area (Å²) in [5.41, 5.74) is 6.19. The van der Waals surface area contributed by atoms with Crippen molar-refractivity contribution in [2.45, 2.75) is 0 Å². The van der Waals surface area contributed by atoms with Crippen LogP contribution in [0.4, 0.5) is 0 Å². The molecule has 0 aliphatic rings. The Morgan fingerprint density at radius 1 is 0.600 bits per heavy atom. The normalized spacial score (nSPS) is 12.0. The van der Waals surface area contributed by atoms with Gasteiger partial charge >= 0.3 is 0 Å². The van der Waals surface area contributed by atoms with Gasteiger partial charge in [-0.2, -0.15) is 0 Å². The number of para-hydroxylation sites is 3. The molecular formula is C27H16N2O. The smallest absolute Gasteiger partial charge is 0.160 e. The Morgan fingerprint density at radius 3 is 2.27 bits per heavy atom. The molecule has 0 bridgehead atoms. The van der Waals surface area contributed by atoms with Crippen molar-refractivity contribution in [3.05, 3.63) is 97.2 Å². The first kappa shape index (κ1) is 15.8. The molecule has 140 valence electrons. The third-order valence-corrected chi connectivity index (χ3v) is 6.05. The standard InChI is InChI=1S/C27H16N2O/c1-4-10-22-21(9-1)24(15-16-28-22)29-23-11-5-2-7-17(23)19-13-14-20-18-8-3-6-12-25(18)30-27(20)26(19)29/h1-16H. The molecule has 0 fully saturated rings. The van der Waals surface area contributed by atoms with Crippen LogP contribution in [-0.2, 0) is 0 Å². The fourth-order valence-electron chi connectivity index (χ4n) is 4.76. The van der Waals surface area contributed by atoms with Crippen LogP contribution in [-0.4, -0.2) is 9.55 Å². The summed E-state index contributed by atoms with van der Waals surface area (Å²) in [6, 6.07) is 31.6. The van der Waals surface area contributed by atoms with E-state index < -0.39 is 0 Å². The van der Waals surface area contributed by atoms with Gasteiger partial charge in [0.1, 0.15) is 5.58 Å². The maximum Gasteiger partial charge on any atom is 0.160 e. The van der Waals surface area contributed by atoms with Crippen LogP contribution in [0.1, 0.15) is 0 Å². The van der Waals surface area contributed by atoms with Crippen LogP contribution in [0.5, 0.6) is 0 Å². The topological polar surface area (TPSA) is 31.0 Å². The number of furan rings is 1. The third-order valence-electron chi connectivity index (χ3n) is 6.05. The van der Waals surface area contributed by atoms with Gasteiger partial charge in [-0.25, -0.2) is 0 Å². The zero-order valence-corrected chi connectivity index (χ0v) is 16.0. The summed E-state index contributed by atoms with van der Waals surface area (Å²) >= 11 is 0. The second kappa shape index (κ2) is 5.71. The predicted octanol–water partition coefficient (Wildman–Crippen LogP) is 7.23. The summed E-state index contributed by atoms with van der Waals surface area (Å²) in [6.07, 6.45) is 1.89. The Hall–Kier alpha value is -4.11. The number of hydrogen-bond acceptors (Lipinski definition) is 2. The van der Waals surface area contributed by atoms with Gasteiger partial charge in [-0.05, 0) is 30.3 Å². The number of nitrogens with zero attached hydrogens (tertiary/aromatic N) is 2. The van der Waals surface area contributed by atoms with Crippen LogP contribution in [0.2, 0.25) is 0 Å². The van der Waals surface area contributed by atoms with Gasteiger partial charge < -0.3 is 8.98 Å². The highest BCUT2D eigenvalue weighted by Gasteiger charge is 2.19. The average Bonchev–Trinajstić information content (AvgIpc) is 3.34. The van der Waals surface area contributed by atoms with Gasteiger partial charge in [0.25, 0.3) is 0 Å². The van der Waals surface area contributed by atoms with Crippen LogP contribution in [0.15, 0.2) is 102 Å². The molecule has 0 aliphatic heterocycles. The minimum atomic E-state index is 0.913. The highest BCUT2D eigenvalue weighted by Crippen LogP contribution is 2.40. The monoisotopic (exact) mass is 384 g/mol. The van der Waals surface area contributed by atoms with E-state index in [0.29, 0.717) is 0 Å². The molecule has 0 radical (unpaired) electrons. The quantitative estimate of drug-likeness (QED) is 0.299. The second-order valence-electron chi connectivity index (χ2n) is 7.64. The summed E-state index contributed by atoms with van der Waals surface area (Å²) in [5.74, 6) is 0. The van der Waals surface area contributed by atoms with Crippen LogP contribution < -0.4 is 0 Å². The third kappa shape index (κ3) is 1.96. The molecule has 0 atom stereocenters. The van der Waals surface area contributed by atoms with Crippen molar-refractivity contribution in [2.24, 2.45) is 0 Å². The first-order chi connectivity index (χ1) is 14.9. The Bertz CT molecular complexity index is 1750. The zero-order valence-electron chi connectivity index (χ0n) is 16.0. The molecule has 30 heavy (non-hydrogen) atoms. The van der Waals surface area contributed by atoms with Crippen molar-refractivity contribution in [3.63, 3.8) is 0 Å². The molecule has 0 saturated carbocycles. The fourth-order valence-corrected chi connectivity index (χ4v) is 4.76. The van der Waals surface area contributed by atoms with Crippen molar-refractivity contribution in [3.8, 4) is 5.69 Å². The summed E-state index contributed by atoms with van der Waals surface area (Å²) in [6.45, 7) is 0. The first-order valence-corrected chi connectivity index (χ1v) is 10.1. The van der Waals surface area contributed by atoms with Crippen molar-refractivity contribution in [2.75, 3.05) is 0 Å². The fraction of sp³-hybridized carbons (Fsp3) is 0. The van der Waals surface area contributed by atoms with Gasteiger partial charge in [0.2, 0.25) is 0 Å². The van der Waals surface area contributed by atoms with Gasteiger partial charge in [0.15, 0.2) is 5.58 Å². The van der Waals surface area contributed by atoms with E-state index in [4.69, 9.17) is 4.42 Å². The summed E-state index contributed by atoms with van der Waals surface area (Å²) < 4.78 is 8.77. The minimum absolute atomic E-state index is 0.913. The molecule has 3 heterocycles. The molecule has 0 N–H and O–H groups in total. The lowest BCUT2D eigenvalue weighted by Gasteiger charge is -2.11. The number of pyridine rings is 1. The van der Waals surface area contributed by atoms with E-state index in [1.165, 1.54) is 10.8 Å². The van der Waals surface area contributed by atoms with E-state index in [2.05, 4.69) is 82.3 Å². The van der Waals surface area contributed by atoms with E-state index in [0.717, 1.165) is 49.6 Å². The van der Waals surface area contributed by atoms with Gasteiger partial charge in [-0.3, -0.25) is 4.98 Å². The van der Waals surface area contributed by atoms with Crippen LogP contribution in [0.25, 0.3) is 60.3 Å². The average molecular weight is 384 g/mol. The molecule has 0 unspecified atom stereocenters. The van der Waals surface area contributed by atoms with Crippen molar-refractivity contribution in [1.29, 1.82) is 0 Å². The molecule has 0 aliphatic carbocycles. The Labute approximate surface area is 171 Å². The van der Waals surface area contributed by atoms with E-state index in [9.17, 15) is 0 Å². The van der Waals surface area contributed by atoms with Crippen LogP contribution in [0.3, 0.4) is 0 Å². The number of benzene rings is 4. The number of rotatable bonds is 1. The predicted molar refractivity (Wildman–Crippen MR) is 123 cm³/mol. The number of fused-ring (bicyclic) bond motifs is 8. The van der Waals surface area contributed by atoms with E-state index >= 15 is 0 Å². The Morgan fingerprint density at radius 2 is 1.33 bits per heavy atom. The largest absolute Gasteiger partial charge is 0.454 e. The SMILES string of the molecule is c1ccc2c(-n3c4ccccc4c4ccc5c6ccccc6oc5c43)ccnc2c1. The van der Waals surface area contributed by atoms with Gasteiger partial charge in [-0.15, -0.1) is 0 Å². The van der Waals surface area contributed by atoms with Crippen molar-refractivity contribution in [1.82, 2.24) is 9.55 Å². The maximum absolute atomic E-state index is 6.43. The van der Waals surface area contributed by atoms with Gasteiger partial charge in [0, 0.05) is 33.1 Å². The summed E-state index contributed by atoms with van der Waals surface area (Å²) in [7, 11) is 0. The van der Waals surface area contributed by atoms with E-state index in [1.54, 1.807) is 0 Å². The summed E-state index contributed by atoms with van der Waals surface area (Å²) in [4.78, 5) is 4.57. The van der Waals surface area contributed by atoms with E-state index in [1.807, 2.05) is 24.4 Å². The zero-order chi connectivity index (χ0) is 19.7. The van der Waals surface area contributed by atoms with Crippen LogP contribution >= 0.6 is 0 Å². The van der Waals surface area contributed by atoms with Crippen molar-refractivity contribution >= 4 is 54.6 Å². The lowest BCUT2D eigenvalue weighted by atomic mass is 10.1. The Balaban J connectivity index is 1.77. The second-order valence-corrected chi connectivity index (χ2v) is 7.64. The lowest BCUT2D eigenvalue weighted by Crippen LogP contribution is -1.96. The van der Waals surface area contributed by atoms with E-state index in [-0.39, 0.29) is 0 Å². The van der Waals surface area contributed by atoms with Crippen LogP contribution in [0, 0.1) is 0 Å². The summed E-state index contributed by atoms with van der Waals surface area (Å²) in [5, 5.41) is 5.82. The molecule has 7 aromatic rings. The number of hydrogen-bond donors (Lipinski definition) is 0. The van der Waals surface area contributed by atoms with Gasteiger partial charge in [-0.1, -0.05) is 60.7 Å². The highest BCUT2D eigenvalue weighted by atomic mass is 16.3. The molecule has 3 heteroatoms. The molecule has 0 spiro atoms. The Kier molecular flexibility index (Phi) is 3.00.